The first kappa shape index (κ1) is 13.4. The molecule has 2 rings (SSSR count). The molecule has 1 aromatic rings. The number of nitrogens with zero attached hydrogens (tertiary/aromatic N) is 3. The maximum absolute atomic E-state index is 12.4. The summed E-state index contributed by atoms with van der Waals surface area (Å²) in [4.78, 5) is 8.27. The molecule has 1 aliphatic rings. The fraction of sp³-hybridized carbons (Fsp3) is 0.667. The highest BCUT2D eigenvalue weighted by Crippen LogP contribution is 2.34. The molecule has 1 aromatic heterocycles. The molecule has 100 valence electrons. The summed E-state index contributed by atoms with van der Waals surface area (Å²) in [7, 11) is -3.22. The van der Waals surface area contributed by atoms with Gasteiger partial charge in [-0.05, 0) is 26.2 Å². The topological polar surface area (TPSA) is 63.2 Å². The first-order valence-electron chi connectivity index (χ1n) is 6.34. The van der Waals surface area contributed by atoms with Crippen LogP contribution in [-0.4, -0.2) is 34.5 Å². The van der Waals surface area contributed by atoms with E-state index in [4.69, 9.17) is 0 Å². The molecule has 2 heterocycles. The Balaban J connectivity index is 2.29. The van der Waals surface area contributed by atoms with Crippen LogP contribution in [0.15, 0.2) is 18.6 Å². The maximum atomic E-state index is 12.4. The molecule has 0 radical (unpaired) electrons. The van der Waals surface area contributed by atoms with E-state index in [-0.39, 0.29) is 11.3 Å². The first-order chi connectivity index (χ1) is 8.57. The van der Waals surface area contributed by atoms with Gasteiger partial charge in [-0.15, -0.1) is 0 Å². The summed E-state index contributed by atoms with van der Waals surface area (Å²) >= 11 is 0. The molecule has 18 heavy (non-hydrogen) atoms. The average molecular weight is 269 g/mol. The lowest BCUT2D eigenvalue weighted by Crippen LogP contribution is -2.37. The van der Waals surface area contributed by atoms with Crippen LogP contribution in [0.25, 0.3) is 0 Å². The highest BCUT2D eigenvalue weighted by Gasteiger charge is 2.38. The van der Waals surface area contributed by atoms with Crippen molar-refractivity contribution in [1.82, 2.24) is 14.3 Å². The minimum Gasteiger partial charge on any atom is -0.261 e. The molecule has 0 aromatic carbocycles. The van der Waals surface area contributed by atoms with Gasteiger partial charge in [0, 0.05) is 18.9 Å². The Morgan fingerprint density at radius 2 is 2.28 bits per heavy atom. The molecule has 0 spiro atoms. The minimum absolute atomic E-state index is 0.141. The summed E-state index contributed by atoms with van der Waals surface area (Å²) in [6, 6.07) is -0.141. The molecule has 0 bridgehead atoms. The van der Waals surface area contributed by atoms with Crippen molar-refractivity contribution in [3.8, 4) is 0 Å². The standard InChI is InChI=1S/C12H19N3O2S/c1-3-10(2)18(16,17)15-8-4-5-12(15)11-9-13-6-7-14-11/h6-7,9-10,12H,3-5,8H2,1-2H3. The maximum Gasteiger partial charge on any atom is 0.217 e. The molecule has 2 unspecified atom stereocenters. The van der Waals surface area contributed by atoms with E-state index in [2.05, 4.69) is 9.97 Å². The second kappa shape index (κ2) is 5.32. The molecule has 0 amide bonds. The summed E-state index contributed by atoms with van der Waals surface area (Å²) in [6.45, 7) is 4.25. The van der Waals surface area contributed by atoms with Gasteiger partial charge in [-0.3, -0.25) is 9.97 Å². The zero-order valence-corrected chi connectivity index (χ0v) is 11.6. The molecule has 6 heteroatoms. The molecular weight excluding hydrogens is 250 g/mol. The summed E-state index contributed by atoms with van der Waals surface area (Å²) < 4.78 is 26.5. The van der Waals surface area contributed by atoms with E-state index in [9.17, 15) is 8.42 Å². The fourth-order valence-corrected chi connectivity index (χ4v) is 4.10. The van der Waals surface area contributed by atoms with Crippen LogP contribution in [0.4, 0.5) is 0 Å². The van der Waals surface area contributed by atoms with Gasteiger partial charge in [0.25, 0.3) is 0 Å². The first-order valence-corrected chi connectivity index (χ1v) is 7.84. The lowest BCUT2D eigenvalue weighted by Gasteiger charge is -2.26. The Bertz CT molecular complexity index is 489. The highest BCUT2D eigenvalue weighted by molar-refractivity contribution is 7.89. The van der Waals surface area contributed by atoms with E-state index >= 15 is 0 Å². The van der Waals surface area contributed by atoms with Gasteiger partial charge >= 0.3 is 0 Å². The third kappa shape index (κ3) is 2.40. The van der Waals surface area contributed by atoms with Crippen LogP contribution < -0.4 is 0 Å². The third-order valence-electron chi connectivity index (χ3n) is 3.54. The molecule has 1 saturated heterocycles. The number of hydrogen-bond acceptors (Lipinski definition) is 4. The Kier molecular flexibility index (Phi) is 3.97. The van der Waals surface area contributed by atoms with Crippen molar-refractivity contribution in [2.24, 2.45) is 0 Å². The number of aromatic nitrogens is 2. The van der Waals surface area contributed by atoms with Crippen molar-refractivity contribution >= 4 is 10.0 Å². The molecule has 1 aliphatic heterocycles. The fourth-order valence-electron chi connectivity index (χ4n) is 2.26. The van der Waals surface area contributed by atoms with Crippen LogP contribution in [-0.2, 0) is 10.0 Å². The van der Waals surface area contributed by atoms with E-state index in [1.807, 2.05) is 6.92 Å². The van der Waals surface area contributed by atoms with Crippen molar-refractivity contribution in [3.63, 3.8) is 0 Å². The van der Waals surface area contributed by atoms with Crippen LogP contribution in [0, 0.1) is 0 Å². The van der Waals surface area contributed by atoms with E-state index in [0.717, 1.165) is 18.5 Å². The molecule has 0 saturated carbocycles. The molecule has 5 nitrogen and oxygen atoms in total. The van der Waals surface area contributed by atoms with Crippen molar-refractivity contribution in [3.05, 3.63) is 24.3 Å². The molecule has 0 aliphatic carbocycles. The lowest BCUT2D eigenvalue weighted by molar-refractivity contribution is 0.383. The van der Waals surface area contributed by atoms with Crippen LogP contribution >= 0.6 is 0 Å². The predicted octanol–water partition coefficient (Wildman–Crippen LogP) is 1.74. The number of sulfonamides is 1. The van der Waals surface area contributed by atoms with Crippen LogP contribution in [0.5, 0.6) is 0 Å². The largest absolute Gasteiger partial charge is 0.261 e. The zero-order valence-electron chi connectivity index (χ0n) is 10.8. The Labute approximate surface area is 108 Å². The van der Waals surface area contributed by atoms with Gasteiger partial charge in [0.15, 0.2) is 0 Å². The molecule has 0 N–H and O–H groups in total. The normalized spacial score (nSPS) is 23.1. The van der Waals surface area contributed by atoms with E-state index < -0.39 is 10.0 Å². The summed E-state index contributed by atoms with van der Waals surface area (Å²) in [6.07, 6.45) is 7.22. The molecular formula is C12H19N3O2S. The molecule has 2 atom stereocenters. The Morgan fingerprint density at radius 3 is 2.89 bits per heavy atom. The summed E-state index contributed by atoms with van der Waals surface area (Å²) in [5.41, 5.74) is 0.752. The number of rotatable bonds is 4. The second-order valence-electron chi connectivity index (χ2n) is 4.66. The second-order valence-corrected chi connectivity index (χ2v) is 6.97. The van der Waals surface area contributed by atoms with Crippen molar-refractivity contribution < 1.29 is 8.42 Å². The van der Waals surface area contributed by atoms with Gasteiger partial charge in [-0.2, -0.15) is 4.31 Å². The smallest absolute Gasteiger partial charge is 0.217 e. The monoisotopic (exact) mass is 269 g/mol. The van der Waals surface area contributed by atoms with Crippen molar-refractivity contribution in [2.45, 2.75) is 44.4 Å². The quantitative estimate of drug-likeness (QED) is 0.835. The Morgan fingerprint density at radius 1 is 1.50 bits per heavy atom. The average Bonchev–Trinajstić information content (AvgIpc) is 2.88. The Hall–Kier alpha value is -1.01. The lowest BCUT2D eigenvalue weighted by atomic mass is 10.2. The summed E-state index contributed by atoms with van der Waals surface area (Å²) in [5.74, 6) is 0. The van der Waals surface area contributed by atoms with Gasteiger partial charge in [0.2, 0.25) is 10.0 Å². The molecule has 1 fully saturated rings. The predicted molar refractivity (Wildman–Crippen MR) is 69.4 cm³/mol. The van der Waals surface area contributed by atoms with Crippen LogP contribution in [0.1, 0.15) is 44.8 Å². The van der Waals surface area contributed by atoms with E-state index in [1.54, 1.807) is 29.8 Å². The van der Waals surface area contributed by atoms with Gasteiger partial charge in [0.05, 0.1) is 23.2 Å². The van der Waals surface area contributed by atoms with E-state index in [0.29, 0.717) is 13.0 Å². The van der Waals surface area contributed by atoms with Gasteiger partial charge in [0.1, 0.15) is 0 Å². The highest BCUT2D eigenvalue weighted by atomic mass is 32.2. The van der Waals surface area contributed by atoms with Gasteiger partial charge in [-0.25, -0.2) is 8.42 Å². The minimum atomic E-state index is -3.22. The zero-order chi connectivity index (χ0) is 13.2. The number of hydrogen-bond donors (Lipinski definition) is 0. The van der Waals surface area contributed by atoms with Gasteiger partial charge < -0.3 is 0 Å². The third-order valence-corrected chi connectivity index (χ3v) is 5.98. The SMILES string of the molecule is CCC(C)S(=O)(=O)N1CCCC1c1cnccn1. The summed E-state index contributed by atoms with van der Waals surface area (Å²) in [5, 5.41) is -0.338. The van der Waals surface area contributed by atoms with Crippen molar-refractivity contribution in [1.29, 1.82) is 0 Å². The van der Waals surface area contributed by atoms with E-state index in [1.165, 1.54) is 0 Å². The van der Waals surface area contributed by atoms with Gasteiger partial charge in [-0.1, -0.05) is 6.92 Å². The van der Waals surface area contributed by atoms with Crippen LogP contribution in [0.2, 0.25) is 0 Å². The van der Waals surface area contributed by atoms with Crippen LogP contribution in [0.3, 0.4) is 0 Å². The van der Waals surface area contributed by atoms with Crippen molar-refractivity contribution in [2.75, 3.05) is 6.54 Å².